The van der Waals surface area contributed by atoms with Gasteiger partial charge < -0.3 is 14.6 Å². The van der Waals surface area contributed by atoms with Crippen molar-refractivity contribution in [2.75, 3.05) is 18.0 Å². The number of fused-ring (bicyclic) bond motifs is 1. The lowest BCUT2D eigenvalue weighted by atomic mass is 10.0. The van der Waals surface area contributed by atoms with Crippen LogP contribution in [0.3, 0.4) is 0 Å². The number of hydrogen-bond donors (Lipinski definition) is 1. The smallest absolute Gasteiger partial charge is 0.0945 e. The van der Waals surface area contributed by atoms with E-state index in [2.05, 4.69) is 26.6 Å². The van der Waals surface area contributed by atoms with Crippen LogP contribution in [0.15, 0.2) is 43.0 Å². The third-order valence-electron chi connectivity index (χ3n) is 3.95. The lowest BCUT2D eigenvalue weighted by molar-refractivity contribution is 0.168. The third-order valence-corrected chi connectivity index (χ3v) is 3.95. The summed E-state index contributed by atoms with van der Waals surface area (Å²) in [4.78, 5) is 6.47. The first-order chi connectivity index (χ1) is 9.84. The molecule has 1 atom stereocenters. The first kappa shape index (κ1) is 13.2. The molecular formula is C16H21N3O. The minimum absolute atomic E-state index is 0.315. The van der Waals surface area contributed by atoms with E-state index in [0.717, 1.165) is 44.5 Å². The number of aryl methyl sites for hydroxylation is 1. The molecule has 1 aromatic heterocycles. The average molecular weight is 271 g/mol. The molecule has 1 unspecified atom stereocenters. The number of para-hydroxylation sites is 1. The fourth-order valence-electron chi connectivity index (χ4n) is 2.90. The molecule has 1 aromatic carbocycles. The van der Waals surface area contributed by atoms with Crippen molar-refractivity contribution in [1.82, 2.24) is 9.55 Å². The molecule has 2 heterocycles. The normalized spacial score (nSPS) is 18.6. The molecule has 3 rings (SSSR count). The van der Waals surface area contributed by atoms with Gasteiger partial charge in [0.25, 0.3) is 0 Å². The van der Waals surface area contributed by atoms with E-state index in [1.54, 1.807) is 0 Å². The fraction of sp³-hybridized carbons (Fsp3) is 0.438. The summed E-state index contributed by atoms with van der Waals surface area (Å²) in [5, 5.41) is 10.2. The van der Waals surface area contributed by atoms with E-state index in [1.807, 2.05) is 30.9 Å². The second-order valence-electron chi connectivity index (χ2n) is 5.36. The van der Waals surface area contributed by atoms with Crippen LogP contribution in [0.1, 0.15) is 30.9 Å². The molecule has 0 fully saturated rings. The van der Waals surface area contributed by atoms with Crippen LogP contribution in [0.25, 0.3) is 0 Å². The molecule has 0 saturated heterocycles. The highest BCUT2D eigenvalue weighted by Gasteiger charge is 2.20. The molecule has 0 saturated carbocycles. The molecule has 4 heteroatoms. The minimum Gasteiger partial charge on any atom is -0.388 e. The number of benzene rings is 1. The van der Waals surface area contributed by atoms with E-state index >= 15 is 0 Å². The lowest BCUT2D eigenvalue weighted by Gasteiger charge is -2.25. The minimum atomic E-state index is -0.315. The summed E-state index contributed by atoms with van der Waals surface area (Å²) in [5.74, 6) is 0. The predicted octanol–water partition coefficient (Wildman–Crippen LogP) is 2.61. The van der Waals surface area contributed by atoms with Crippen molar-refractivity contribution in [3.05, 3.63) is 48.5 Å². The van der Waals surface area contributed by atoms with Gasteiger partial charge in [0.1, 0.15) is 0 Å². The summed E-state index contributed by atoms with van der Waals surface area (Å²) >= 11 is 0. The van der Waals surface area contributed by atoms with Gasteiger partial charge in [0, 0.05) is 43.3 Å². The molecule has 20 heavy (non-hydrogen) atoms. The van der Waals surface area contributed by atoms with Crippen LogP contribution in [-0.2, 0) is 6.54 Å². The zero-order chi connectivity index (χ0) is 13.8. The predicted molar refractivity (Wildman–Crippen MR) is 79.7 cm³/mol. The summed E-state index contributed by atoms with van der Waals surface area (Å²) in [5.41, 5.74) is 2.27. The first-order valence-electron chi connectivity index (χ1n) is 7.32. The van der Waals surface area contributed by atoms with Crippen LogP contribution in [-0.4, -0.2) is 27.7 Å². The van der Waals surface area contributed by atoms with Gasteiger partial charge in [0.15, 0.2) is 0 Å². The van der Waals surface area contributed by atoms with Crippen LogP contribution < -0.4 is 4.90 Å². The highest BCUT2D eigenvalue weighted by Crippen LogP contribution is 2.32. The molecule has 1 aliphatic rings. The second-order valence-corrected chi connectivity index (χ2v) is 5.36. The number of rotatable bonds is 4. The summed E-state index contributed by atoms with van der Waals surface area (Å²) in [6, 6.07) is 8.24. The third kappa shape index (κ3) is 2.85. The maximum Gasteiger partial charge on any atom is 0.0945 e. The van der Waals surface area contributed by atoms with Gasteiger partial charge in [-0.3, -0.25) is 0 Å². The van der Waals surface area contributed by atoms with Crippen molar-refractivity contribution >= 4 is 5.69 Å². The molecular weight excluding hydrogens is 250 g/mol. The second kappa shape index (κ2) is 6.09. The number of nitrogens with zero attached hydrogens (tertiary/aromatic N) is 3. The summed E-state index contributed by atoms with van der Waals surface area (Å²) < 4.78 is 2.11. The maximum absolute atomic E-state index is 10.2. The summed E-state index contributed by atoms with van der Waals surface area (Å²) in [6.45, 7) is 3.03. The Bertz CT molecular complexity index is 538. The Kier molecular flexibility index (Phi) is 4.02. The highest BCUT2D eigenvalue weighted by molar-refractivity contribution is 5.55. The van der Waals surface area contributed by atoms with Crippen LogP contribution in [0.4, 0.5) is 5.69 Å². The van der Waals surface area contributed by atoms with Crippen LogP contribution in [0.2, 0.25) is 0 Å². The van der Waals surface area contributed by atoms with Gasteiger partial charge in [-0.1, -0.05) is 18.2 Å². The van der Waals surface area contributed by atoms with Gasteiger partial charge in [-0.25, -0.2) is 4.98 Å². The standard InChI is InChI=1S/C16H21N3O/c20-16-7-3-10-19(15-6-2-1-5-14(15)16)11-4-9-18-12-8-17-13-18/h1-2,5-6,8,12-13,16,20H,3-4,7,9-11H2. The van der Waals surface area contributed by atoms with Crippen molar-refractivity contribution in [3.8, 4) is 0 Å². The van der Waals surface area contributed by atoms with Gasteiger partial charge >= 0.3 is 0 Å². The van der Waals surface area contributed by atoms with Crippen molar-refractivity contribution in [2.45, 2.75) is 31.9 Å². The molecule has 4 nitrogen and oxygen atoms in total. The molecule has 0 amide bonds. The van der Waals surface area contributed by atoms with E-state index in [0.29, 0.717) is 0 Å². The quantitative estimate of drug-likeness (QED) is 0.929. The number of hydrogen-bond acceptors (Lipinski definition) is 3. The molecule has 106 valence electrons. The Hall–Kier alpha value is -1.81. The van der Waals surface area contributed by atoms with E-state index in [1.165, 1.54) is 5.69 Å². The molecule has 1 N–H and O–H groups in total. The molecule has 1 aliphatic heterocycles. The van der Waals surface area contributed by atoms with Crippen molar-refractivity contribution in [2.24, 2.45) is 0 Å². The largest absolute Gasteiger partial charge is 0.388 e. The Morgan fingerprint density at radius 1 is 1.25 bits per heavy atom. The van der Waals surface area contributed by atoms with E-state index in [4.69, 9.17) is 0 Å². The van der Waals surface area contributed by atoms with Crippen molar-refractivity contribution in [1.29, 1.82) is 0 Å². The summed E-state index contributed by atoms with van der Waals surface area (Å²) in [7, 11) is 0. The Morgan fingerprint density at radius 3 is 3.00 bits per heavy atom. The highest BCUT2D eigenvalue weighted by atomic mass is 16.3. The zero-order valence-corrected chi connectivity index (χ0v) is 11.7. The molecule has 0 aliphatic carbocycles. The van der Waals surface area contributed by atoms with E-state index in [9.17, 15) is 5.11 Å². The van der Waals surface area contributed by atoms with Gasteiger partial charge in [-0.15, -0.1) is 0 Å². The van der Waals surface area contributed by atoms with E-state index in [-0.39, 0.29) is 6.10 Å². The SMILES string of the molecule is OC1CCCN(CCCn2ccnc2)c2ccccc21. The van der Waals surface area contributed by atoms with Crippen molar-refractivity contribution < 1.29 is 5.11 Å². The molecule has 2 aromatic rings. The Morgan fingerprint density at radius 2 is 2.15 bits per heavy atom. The monoisotopic (exact) mass is 271 g/mol. The number of anilines is 1. The fourth-order valence-corrected chi connectivity index (χ4v) is 2.90. The van der Waals surface area contributed by atoms with Gasteiger partial charge in [-0.05, 0) is 25.3 Å². The summed E-state index contributed by atoms with van der Waals surface area (Å²) in [6.07, 6.45) is 8.35. The zero-order valence-electron chi connectivity index (χ0n) is 11.7. The van der Waals surface area contributed by atoms with E-state index < -0.39 is 0 Å². The topological polar surface area (TPSA) is 41.3 Å². The van der Waals surface area contributed by atoms with Gasteiger partial charge in [0.2, 0.25) is 0 Å². The average Bonchev–Trinajstić information content (AvgIpc) is 2.93. The van der Waals surface area contributed by atoms with Crippen LogP contribution >= 0.6 is 0 Å². The number of aliphatic hydroxyl groups excluding tert-OH is 1. The Labute approximate surface area is 119 Å². The van der Waals surface area contributed by atoms with Gasteiger partial charge in [-0.2, -0.15) is 0 Å². The Balaban J connectivity index is 1.68. The first-order valence-corrected chi connectivity index (χ1v) is 7.32. The van der Waals surface area contributed by atoms with Gasteiger partial charge in [0.05, 0.1) is 12.4 Å². The molecule has 0 spiro atoms. The van der Waals surface area contributed by atoms with Crippen LogP contribution in [0, 0.1) is 0 Å². The number of aliphatic hydroxyl groups is 1. The van der Waals surface area contributed by atoms with Crippen molar-refractivity contribution in [3.63, 3.8) is 0 Å². The molecule has 0 bridgehead atoms. The maximum atomic E-state index is 10.2. The number of aromatic nitrogens is 2. The van der Waals surface area contributed by atoms with Crippen LogP contribution in [0.5, 0.6) is 0 Å². The molecule has 0 radical (unpaired) electrons. The number of imidazole rings is 1. The lowest BCUT2D eigenvalue weighted by Crippen LogP contribution is -2.26.